The molecule has 154 valence electrons. The van der Waals surface area contributed by atoms with Crippen LogP contribution in [0.2, 0.25) is 5.02 Å². The Balaban J connectivity index is 0.00000240. The fourth-order valence-corrected chi connectivity index (χ4v) is 3.47. The van der Waals surface area contributed by atoms with Gasteiger partial charge in [0.1, 0.15) is 18.5 Å². The Labute approximate surface area is 182 Å². The molecule has 0 N–H and O–H groups in total. The summed E-state index contributed by atoms with van der Waals surface area (Å²) >= 11 is 5.99. The van der Waals surface area contributed by atoms with E-state index in [0.717, 1.165) is 23.6 Å². The molecule has 1 fully saturated rings. The summed E-state index contributed by atoms with van der Waals surface area (Å²) in [5, 5.41) is 0.739. The molecule has 2 atom stereocenters. The number of aryl methyl sites for hydroxylation is 1. The first-order valence-corrected chi connectivity index (χ1v) is 9.78. The lowest BCUT2D eigenvalue weighted by Gasteiger charge is -2.28. The topological polar surface area (TPSA) is 45.5 Å². The molecule has 1 aliphatic rings. The van der Waals surface area contributed by atoms with Crippen molar-refractivity contribution in [3.63, 3.8) is 0 Å². The SMILES string of the molecule is Cl.Clc1ccc(CC[C@@]2(Cn3ccnc3)OC[C@@H](COc3ccccc3)O2)cc1. The van der Waals surface area contributed by atoms with Crippen molar-refractivity contribution >= 4 is 24.0 Å². The highest BCUT2D eigenvalue weighted by atomic mass is 35.5. The minimum absolute atomic E-state index is 0. The molecule has 0 saturated carbocycles. The van der Waals surface area contributed by atoms with E-state index >= 15 is 0 Å². The predicted octanol–water partition coefficient (Wildman–Crippen LogP) is 4.78. The van der Waals surface area contributed by atoms with Crippen molar-refractivity contribution in [1.29, 1.82) is 0 Å². The number of para-hydroxylation sites is 1. The molecule has 1 aromatic heterocycles. The fourth-order valence-electron chi connectivity index (χ4n) is 3.34. The number of hydrogen-bond donors (Lipinski definition) is 0. The maximum absolute atomic E-state index is 6.37. The number of benzene rings is 2. The molecule has 2 heterocycles. The number of imidazole rings is 1. The Morgan fingerprint density at radius 1 is 1.14 bits per heavy atom. The molecule has 0 unspecified atom stereocenters. The van der Waals surface area contributed by atoms with Crippen LogP contribution in [-0.2, 0) is 22.4 Å². The third-order valence-electron chi connectivity index (χ3n) is 4.78. The molecule has 0 bridgehead atoms. The molecule has 5 nitrogen and oxygen atoms in total. The number of aromatic nitrogens is 2. The van der Waals surface area contributed by atoms with Crippen molar-refractivity contribution in [3.8, 4) is 5.75 Å². The summed E-state index contributed by atoms with van der Waals surface area (Å²) in [5.41, 5.74) is 1.20. The van der Waals surface area contributed by atoms with Crippen molar-refractivity contribution in [2.45, 2.75) is 31.3 Å². The van der Waals surface area contributed by atoms with Crippen LogP contribution >= 0.6 is 24.0 Å². The first-order chi connectivity index (χ1) is 13.7. The van der Waals surface area contributed by atoms with E-state index in [0.29, 0.717) is 19.8 Å². The quantitative estimate of drug-likeness (QED) is 0.511. The van der Waals surface area contributed by atoms with Gasteiger partial charge in [-0.25, -0.2) is 4.98 Å². The predicted molar refractivity (Wildman–Crippen MR) is 115 cm³/mol. The number of ether oxygens (including phenoxy) is 3. The minimum Gasteiger partial charge on any atom is -0.491 e. The molecule has 2 aromatic carbocycles. The van der Waals surface area contributed by atoms with Gasteiger partial charge in [-0.1, -0.05) is 41.9 Å². The van der Waals surface area contributed by atoms with E-state index in [1.54, 1.807) is 12.5 Å². The number of rotatable bonds is 8. The second kappa shape index (κ2) is 10.1. The summed E-state index contributed by atoms with van der Waals surface area (Å²) in [6.45, 7) is 1.54. The zero-order valence-corrected chi connectivity index (χ0v) is 17.5. The van der Waals surface area contributed by atoms with Gasteiger partial charge < -0.3 is 18.8 Å². The van der Waals surface area contributed by atoms with E-state index in [1.807, 2.05) is 65.4 Å². The van der Waals surface area contributed by atoms with Crippen molar-refractivity contribution in [1.82, 2.24) is 9.55 Å². The molecule has 3 aromatic rings. The molecular formula is C22H24Cl2N2O3. The average molecular weight is 435 g/mol. The summed E-state index contributed by atoms with van der Waals surface area (Å²) in [5.74, 6) is 0.129. The van der Waals surface area contributed by atoms with Gasteiger partial charge in [-0.2, -0.15) is 0 Å². The Hall–Kier alpha value is -2.05. The normalized spacial score (nSPS) is 20.9. The van der Waals surface area contributed by atoms with Gasteiger partial charge in [0.05, 0.1) is 19.5 Å². The zero-order chi connectivity index (χ0) is 19.2. The zero-order valence-electron chi connectivity index (χ0n) is 15.9. The third-order valence-corrected chi connectivity index (χ3v) is 5.04. The maximum atomic E-state index is 6.37. The van der Waals surface area contributed by atoms with E-state index in [2.05, 4.69) is 4.98 Å². The Morgan fingerprint density at radius 3 is 2.66 bits per heavy atom. The number of hydrogen-bond acceptors (Lipinski definition) is 4. The second-order valence-corrected chi connectivity index (χ2v) is 7.38. The summed E-state index contributed by atoms with van der Waals surface area (Å²) in [6.07, 6.45) is 6.91. The van der Waals surface area contributed by atoms with Gasteiger partial charge >= 0.3 is 0 Å². The number of nitrogens with zero attached hydrogens (tertiary/aromatic N) is 2. The van der Waals surface area contributed by atoms with Crippen molar-refractivity contribution in [2.24, 2.45) is 0 Å². The highest BCUT2D eigenvalue weighted by molar-refractivity contribution is 6.30. The minimum atomic E-state index is -0.703. The fraction of sp³-hybridized carbons (Fsp3) is 0.318. The lowest BCUT2D eigenvalue weighted by molar-refractivity contribution is -0.184. The smallest absolute Gasteiger partial charge is 0.187 e. The van der Waals surface area contributed by atoms with Crippen LogP contribution in [0.3, 0.4) is 0 Å². The third kappa shape index (κ3) is 5.97. The molecule has 0 amide bonds. The highest BCUT2D eigenvalue weighted by Crippen LogP contribution is 2.31. The van der Waals surface area contributed by atoms with Crippen molar-refractivity contribution in [2.75, 3.05) is 13.2 Å². The molecule has 29 heavy (non-hydrogen) atoms. The van der Waals surface area contributed by atoms with E-state index < -0.39 is 5.79 Å². The van der Waals surface area contributed by atoms with E-state index in [1.165, 1.54) is 5.56 Å². The maximum Gasteiger partial charge on any atom is 0.187 e. The highest BCUT2D eigenvalue weighted by Gasteiger charge is 2.42. The van der Waals surface area contributed by atoms with Crippen LogP contribution in [-0.4, -0.2) is 34.7 Å². The van der Waals surface area contributed by atoms with Crippen molar-refractivity contribution in [3.05, 3.63) is 83.9 Å². The van der Waals surface area contributed by atoms with Crippen LogP contribution in [0.25, 0.3) is 0 Å². The van der Waals surface area contributed by atoms with Gasteiger partial charge in [0, 0.05) is 23.8 Å². The van der Waals surface area contributed by atoms with E-state index in [4.69, 9.17) is 25.8 Å². The lowest BCUT2D eigenvalue weighted by Crippen LogP contribution is -2.37. The van der Waals surface area contributed by atoms with Crippen LogP contribution in [0, 0.1) is 0 Å². The van der Waals surface area contributed by atoms with Gasteiger partial charge in [0.2, 0.25) is 0 Å². The van der Waals surface area contributed by atoms with Gasteiger partial charge in [-0.3, -0.25) is 0 Å². The molecule has 1 saturated heterocycles. The number of halogens is 2. The largest absolute Gasteiger partial charge is 0.491 e. The average Bonchev–Trinajstić information content (AvgIpc) is 3.38. The van der Waals surface area contributed by atoms with E-state index in [-0.39, 0.29) is 18.5 Å². The molecule has 0 aliphatic carbocycles. The van der Waals surface area contributed by atoms with Gasteiger partial charge in [-0.15, -0.1) is 12.4 Å². The van der Waals surface area contributed by atoms with Crippen molar-refractivity contribution < 1.29 is 14.2 Å². The molecule has 7 heteroatoms. The second-order valence-electron chi connectivity index (χ2n) is 6.95. The van der Waals surface area contributed by atoms with Gasteiger partial charge in [-0.05, 0) is 36.2 Å². The Kier molecular flexibility index (Phi) is 7.56. The van der Waals surface area contributed by atoms with Crippen LogP contribution in [0.15, 0.2) is 73.3 Å². The molecule has 1 aliphatic heterocycles. The molecular weight excluding hydrogens is 411 g/mol. The first kappa shape index (κ1) is 21.7. The summed E-state index contributed by atoms with van der Waals surface area (Å²) < 4.78 is 20.4. The van der Waals surface area contributed by atoms with Crippen LogP contribution in [0.5, 0.6) is 5.75 Å². The Bertz CT molecular complexity index is 860. The Morgan fingerprint density at radius 2 is 1.93 bits per heavy atom. The van der Waals surface area contributed by atoms with Crippen LogP contribution < -0.4 is 4.74 Å². The molecule has 4 rings (SSSR count). The monoisotopic (exact) mass is 434 g/mol. The summed E-state index contributed by atoms with van der Waals surface area (Å²) in [4.78, 5) is 4.13. The molecule has 0 spiro atoms. The van der Waals surface area contributed by atoms with E-state index in [9.17, 15) is 0 Å². The summed E-state index contributed by atoms with van der Waals surface area (Å²) in [7, 11) is 0. The molecule has 0 radical (unpaired) electrons. The standard InChI is InChI=1S/C22H23ClN2O3.ClH/c23-19-8-6-18(7-9-19)10-11-22(16-25-13-12-24-17-25)27-15-21(28-22)14-26-20-4-2-1-3-5-20;/h1-9,12-13,17,21H,10-11,14-16H2;1H/t21-,22-;/m1./s1. The lowest BCUT2D eigenvalue weighted by atomic mass is 10.0. The summed E-state index contributed by atoms with van der Waals surface area (Å²) in [6, 6.07) is 17.7. The van der Waals surface area contributed by atoms with Crippen LogP contribution in [0.1, 0.15) is 12.0 Å². The van der Waals surface area contributed by atoms with Gasteiger partial charge in [0.15, 0.2) is 5.79 Å². The van der Waals surface area contributed by atoms with Crippen LogP contribution in [0.4, 0.5) is 0 Å². The first-order valence-electron chi connectivity index (χ1n) is 9.41. The van der Waals surface area contributed by atoms with Gasteiger partial charge in [0.25, 0.3) is 0 Å².